The lowest BCUT2D eigenvalue weighted by Gasteiger charge is -2.57. The molecule has 7 nitrogen and oxygen atoms in total. The Morgan fingerprint density at radius 2 is 1.90 bits per heavy atom. The number of carbonyl (C=O) groups is 2. The molecule has 0 radical (unpaired) electrons. The molecule has 1 fully saturated rings. The van der Waals surface area contributed by atoms with Crippen molar-refractivity contribution in [3.63, 3.8) is 0 Å². The summed E-state index contributed by atoms with van der Waals surface area (Å²) in [6.07, 6.45) is 1.70. The number of hydrogen-bond acceptors (Lipinski definition) is 4. The van der Waals surface area contributed by atoms with Crippen molar-refractivity contribution in [3.8, 4) is 5.75 Å². The first-order valence-corrected chi connectivity index (χ1v) is 10.1. The van der Waals surface area contributed by atoms with Crippen LogP contribution in [0.4, 0.5) is 10.5 Å². The van der Waals surface area contributed by atoms with E-state index in [1.807, 2.05) is 19.2 Å². The highest BCUT2D eigenvalue weighted by Crippen LogP contribution is 2.47. The highest BCUT2D eigenvalue weighted by molar-refractivity contribution is 5.91. The van der Waals surface area contributed by atoms with Crippen LogP contribution in [0.1, 0.15) is 34.8 Å². The summed E-state index contributed by atoms with van der Waals surface area (Å²) < 4.78 is 0. The van der Waals surface area contributed by atoms with Gasteiger partial charge in [0.1, 0.15) is 5.75 Å². The van der Waals surface area contributed by atoms with Crippen molar-refractivity contribution in [1.82, 2.24) is 9.80 Å². The van der Waals surface area contributed by atoms with E-state index in [1.165, 1.54) is 17.7 Å². The molecular weight excluding hydrogens is 382 g/mol. The fraction of sp³-hybridized carbons (Fsp3) is 0.391. The van der Waals surface area contributed by atoms with Crippen molar-refractivity contribution in [2.24, 2.45) is 0 Å². The van der Waals surface area contributed by atoms with E-state index in [0.717, 1.165) is 24.9 Å². The average Bonchev–Trinajstić information content (AvgIpc) is 2.71. The van der Waals surface area contributed by atoms with Crippen LogP contribution >= 0.6 is 0 Å². The summed E-state index contributed by atoms with van der Waals surface area (Å²) in [6.45, 7) is 3.11. The lowest BCUT2D eigenvalue weighted by molar-refractivity contribution is 0.0213. The van der Waals surface area contributed by atoms with E-state index >= 15 is 0 Å². The Morgan fingerprint density at radius 1 is 1.20 bits per heavy atom. The zero-order valence-electron chi connectivity index (χ0n) is 17.4. The number of aromatic carboxylic acids is 1. The first kappa shape index (κ1) is 20.2. The zero-order valence-corrected chi connectivity index (χ0v) is 17.4. The molecule has 0 spiro atoms. The van der Waals surface area contributed by atoms with Gasteiger partial charge >= 0.3 is 12.0 Å². The fourth-order valence-corrected chi connectivity index (χ4v) is 5.17. The molecule has 0 unspecified atom stereocenters. The number of fused-ring (bicyclic) bond motifs is 4. The number of likely N-dealkylation sites (tertiary alicyclic amines) is 1. The third-order valence-corrected chi connectivity index (χ3v) is 6.83. The number of likely N-dealkylation sites (N-methyl/N-ethyl adjacent to an activating group) is 2. The molecule has 7 heteroatoms. The van der Waals surface area contributed by atoms with Gasteiger partial charge in [0.05, 0.1) is 11.6 Å². The summed E-state index contributed by atoms with van der Waals surface area (Å²) in [5, 5.41) is 22.0. The number of carboxylic acids is 1. The van der Waals surface area contributed by atoms with Gasteiger partial charge in [-0.3, -0.25) is 0 Å². The number of carboxylic acid groups (broad SMARTS) is 1. The lowest BCUT2D eigenvalue weighted by atomic mass is 9.61. The molecular formula is C23H27N3O4. The van der Waals surface area contributed by atoms with Gasteiger partial charge < -0.3 is 25.3 Å². The molecule has 2 aromatic rings. The van der Waals surface area contributed by atoms with Crippen LogP contribution in [0.25, 0.3) is 0 Å². The number of carbonyl (C=O) groups excluding carboxylic acids is 1. The standard InChI is InChI=1S/C23H27N3O4/c1-23-10-11-25(2)19(12-15-6-9-17(27)13-18(15)23)20(23)26(3)22(30)24-16-7-4-14(5-8-16)21(28)29/h4-9,13,19-20,27H,10-12H2,1-3H3,(H,24,30)(H,28,29)/t19-,20+,23-/m1/s1. The van der Waals surface area contributed by atoms with Crippen molar-refractivity contribution < 1.29 is 19.8 Å². The second kappa shape index (κ2) is 7.32. The molecule has 3 atom stereocenters. The topological polar surface area (TPSA) is 93.1 Å². The number of anilines is 1. The summed E-state index contributed by atoms with van der Waals surface area (Å²) in [5.41, 5.74) is 2.79. The van der Waals surface area contributed by atoms with Gasteiger partial charge in [-0.2, -0.15) is 0 Å². The highest BCUT2D eigenvalue weighted by atomic mass is 16.4. The van der Waals surface area contributed by atoms with E-state index in [2.05, 4.69) is 24.2 Å². The molecule has 30 heavy (non-hydrogen) atoms. The molecule has 2 amide bonds. The maximum absolute atomic E-state index is 13.1. The number of piperidine rings is 1. The highest BCUT2D eigenvalue weighted by Gasteiger charge is 2.52. The number of nitrogens with one attached hydrogen (secondary N) is 1. The zero-order chi connectivity index (χ0) is 21.6. The Balaban J connectivity index is 1.63. The number of rotatable bonds is 3. The summed E-state index contributed by atoms with van der Waals surface area (Å²) in [6, 6.07) is 11.6. The van der Waals surface area contributed by atoms with Crippen LogP contribution < -0.4 is 5.32 Å². The van der Waals surface area contributed by atoms with Crippen LogP contribution in [0.3, 0.4) is 0 Å². The minimum atomic E-state index is -1.00. The molecule has 2 bridgehead atoms. The normalized spacial score (nSPS) is 25.3. The van der Waals surface area contributed by atoms with E-state index < -0.39 is 5.97 Å². The third-order valence-electron chi connectivity index (χ3n) is 6.83. The Labute approximate surface area is 175 Å². The smallest absolute Gasteiger partial charge is 0.335 e. The van der Waals surface area contributed by atoms with Gasteiger partial charge in [0.2, 0.25) is 0 Å². The van der Waals surface area contributed by atoms with E-state index in [4.69, 9.17) is 5.11 Å². The minimum absolute atomic E-state index is 0.0659. The van der Waals surface area contributed by atoms with Gasteiger partial charge in [-0.25, -0.2) is 9.59 Å². The Bertz CT molecular complexity index is 990. The molecule has 1 aliphatic heterocycles. The summed E-state index contributed by atoms with van der Waals surface area (Å²) in [5.74, 6) is -0.755. The van der Waals surface area contributed by atoms with Crippen LogP contribution in [0, 0.1) is 0 Å². The predicted octanol–water partition coefficient (Wildman–Crippen LogP) is 3.14. The second-order valence-corrected chi connectivity index (χ2v) is 8.63. The molecule has 4 rings (SSSR count). The first-order chi connectivity index (χ1) is 14.2. The van der Waals surface area contributed by atoms with Gasteiger partial charge in [0.15, 0.2) is 0 Å². The summed E-state index contributed by atoms with van der Waals surface area (Å²) in [4.78, 5) is 28.2. The van der Waals surface area contributed by atoms with E-state index in [9.17, 15) is 14.7 Å². The third kappa shape index (κ3) is 3.29. The van der Waals surface area contributed by atoms with Crippen LogP contribution in [0.15, 0.2) is 42.5 Å². The molecule has 2 aromatic carbocycles. The van der Waals surface area contributed by atoms with Crippen LogP contribution in [0.5, 0.6) is 5.75 Å². The molecule has 158 valence electrons. The summed E-state index contributed by atoms with van der Waals surface area (Å²) >= 11 is 0. The monoisotopic (exact) mass is 409 g/mol. The molecule has 3 N–H and O–H groups in total. The van der Waals surface area contributed by atoms with Gasteiger partial charge in [0.25, 0.3) is 0 Å². The SMILES string of the molecule is CN1CC[C@]2(C)c3cc(O)ccc3C[C@@H]1[C@@H]2N(C)C(=O)Nc1ccc(C(=O)O)cc1. The van der Waals surface area contributed by atoms with Gasteiger partial charge in [-0.1, -0.05) is 13.0 Å². The van der Waals surface area contributed by atoms with Crippen LogP contribution in [-0.2, 0) is 11.8 Å². The van der Waals surface area contributed by atoms with Crippen molar-refractivity contribution in [3.05, 3.63) is 59.2 Å². The number of benzene rings is 2. The Hall–Kier alpha value is -3.06. The minimum Gasteiger partial charge on any atom is -0.508 e. The van der Waals surface area contributed by atoms with E-state index in [1.54, 1.807) is 23.1 Å². The maximum Gasteiger partial charge on any atom is 0.335 e. The quantitative estimate of drug-likeness (QED) is 0.724. The van der Waals surface area contributed by atoms with Gasteiger partial charge in [-0.05, 0) is 74.0 Å². The Kier molecular flexibility index (Phi) is 4.94. The van der Waals surface area contributed by atoms with Crippen molar-refractivity contribution in [2.45, 2.75) is 37.3 Å². The van der Waals surface area contributed by atoms with Crippen molar-refractivity contribution in [1.29, 1.82) is 0 Å². The van der Waals surface area contributed by atoms with E-state index in [-0.39, 0.29) is 34.8 Å². The van der Waals surface area contributed by atoms with Crippen molar-refractivity contribution >= 4 is 17.7 Å². The van der Waals surface area contributed by atoms with Gasteiger partial charge in [-0.15, -0.1) is 0 Å². The fourth-order valence-electron chi connectivity index (χ4n) is 5.17. The lowest BCUT2D eigenvalue weighted by Crippen LogP contribution is -2.67. The van der Waals surface area contributed by atoms with Crippen LogP contribution in [0.2, 0.25) is 0 Å². The number of urea groups is 1. The molecule has 0 aromatic heterocycles. The number of aromatic hydroxyl groups is 1. The van der Waals surface area contributed by atoms with Gasteiger partial charge in [0, 0.05) is 24.2 Å². The molecule has 1 saturated heterocycles. The number of amides is 2. The van der Waals surface area contributed by atoms with Crippen LogP contribution in [-0.4, -0.2) is 64.7 Å². The first-order valence-electron chi connectivity index (χ1n) is 10.1. The number of nitrogens with zero attached hydrogens (tertiary/aromatic N) is 2. The largest absolute Gasteiger partial charge is 0.508 e. The Morgan fingerprint density at radius 3 is 2.57 bits per heavy atom. The maximum atomic E-state index is 13.1. The second-order valence-electron chi connectivity index (χ2n) is 8.63. The van der Waals surface area contributed by atoms with Crippen molar-refractivity contribution in [2.75, 3.05) is 26.0 Å². The van der Waals surface area contributed by atoms with E-state index in [0.29, 0.717) is 5.69 Å². The number of hydrogen-bond donors (Lipinski definition) is 3. The predicted molar refractivity (Wildman–Crippen MR) is 114 cm³/mol. The molecule has 2 aliphatic rings. The molecule has 0 saturated carbocycles. The number of phenolic OH excluding ortho intramolecular Hbond substituents is 1. The average molecular weight is 409 g/mol. The molecule has 1 heterocycles. The summed E-state index contributed by atoms with van der Waals surface area (Å²) in [7, 11) is 3.91. The molecule has 1 aliphatic carbocycles. The number of phenols is 1.